The number of aromatic nitrogens is 2. The molecule has 1 fully saturated rings. The number of hydrogen-bond donors (Lipinski definition) is 1. The summed E-state index contributed by atoms with van der Waals surface area (Å²) in [5.41, 5.74) is 1.22. The van der Waals surface area contributed by atoms with E-state index < -0.39 is 0 Å². The summed E-state index contributed by atoms with van der Waals surface area (Å²) in [5, 5.41) is 13.9. The fraction of sp³-hybridized carbons (Fsp3) is 0.700. The van der Waals surface area contributed by atoms with Crippen LogP contribution in [0, 0.1) is 5.92 Å². The smallest absolute Gasteiger partial charge is 0.0635 e. The summed E-state index contributed by atoms with van der Waals surface area (Å²) in [6, 6.07) is 0. The molecule has 1 saturated carbocycles. The van der Waals surface area contributed by atoms with Crippen LogP contribution in [-0.2, 0) is 7.05 Å². The topological polar surface area (TPSA) is 38.1 Å². The van der Waals surface area contributed by atoms with Crippen LogP contribution >= 0.6 is 15.9 Å². The molecule has 3 nitrogen and oxygen atoms in total. The van der Waals surface area contributed by atoms with Crippen molar-refractivity contribution in [2.75, 3.05) is 0 Å². The molecule has 1 aromatic heterocycles. The fourth-order valence-corrected chi connectivity index (χ4v) is 3.01. The summed E-state index contributed by atoms with van der Waals surface area (Å²) in [7, 11) is 1.96. The van der Waals surface area contributed by atoms with E-state index in [0.717, 1.165) is 17.3 Å². The standard InChI is InChI=1S/C10H15BrN2O/c1-6-7(3-4-9(6)14)10-8(11)5-12-13(10)2/h5-7,9,14H,3-4H2,1-2H3. The average Bonchev–Trinajstić information content (AvgIpc) is 2.62. The third kappa shape index (κ3) is 1.50. The fourth-order valence-electron chi connectivity index (χ4n) is 2.37. The monoisotopic (exact) mass is 258 g/mol. The summed E-state index contributed by atoms with van der Waals surface area (Å²) in [4.78, 5) is 0. The number of nitrogens with zero attached hydrogens (tertiary/aromatic N) is 2. The molecule has 0 saturated heterocycles. The van der Waals surface area contributed by atoms with Gasteiger partial charge in [0.1, 0.15) is 0 Å². The second kappa shape index (κ2) is 3.66. The Morgan fingerprint density at radius 2 is 2.29 bits per heavy atom. The molecule has 1 aliphatic rings. The molecule has 4 heteroatoms. The molecule has 3 unspecified atom stereocenters. The van der Waals surface area contributed by atoms with Gasteiger partial charge in [-0.25, -0.2) is 0 Å². The van der Waals surface area contributed by atoms with Gasteiger partial charge in [-0.3, -0.25) is 4.68 Å². The highest BCUT2D eigenvalue weighted by molar-refractivity contribution is 9.10. The Morgan fingerprint density at radius 3 is 2.71 bits per heavy atom. The zero-order valence-corrected chi connectivity index (χ0v) is 10.0. The van der Waals surface area contributed by atoms with E-state index in [0.29, 0.717) is 11.8 Å². The van der Waals surface area contributed by atoms with Gasteiger partial charge < -0.3 is 5.11 Å². The number of aryl methyl sites for hydroxylation is 1. The number of aliphatic hydroxyl groups excluding tert-OH is 1. The Hall–Kier alpha value is -0.350. The molecule has 78 valence electrons. The van der Waals surface area contributed by atoms with E-state index in [1.807, 2.05) is 17.9 Å². The maximum atomic E-state index is 9.70. The molecule has 0 aliphatic heterocycles. The van der Waals surface area contributed by atoms with Crippen LogP contribution in [0.4, 0.5) is 0 Å². The number of halogens is 1. The van der Waals surface area contributed by atoms with E-state index in [9.17, 15) is 5.11 Å². The molecular formula is C10H15BrN2O. The Morgan fingerprint density at radius 1 is 1.57 bits per heavy atom. The van der Waals surface area contributed by atoms with Crippen molar-refractivity contribution in [3.63, 3.8) is 0 Å². The van der Waals surface area contributed by atoms with Gasteiger partial charge in [-0.05, 0) is 34.7 Å². The molecule has 14 heavy (non-hydrogen) atoms. The second-order valence-corrected chi connectivity index (χ2v) is 4.97. The molecule has 3 atom stereocenters. The van der Waals surface area contributed by atoms with Crippen molar-refractivity contribution >= 4 is 15.9 Å². The highest BCUT2D eigenvalue weighted by atomic mass is 79.9. The molecule has 1 heterocycles. The first kappa shape index (κ1) is 10.2. The Kier molecular flexibility index (Phi) is 2.66. The Bertz CT molecular complexity index is 317. The van der Waals surface area contributed by atoms with Crippen LogP contribution in [0.3, 0.4) is 0 Å². The minimum absolute atomic E-state index is 0.151. The summed E-state index contributed by atoms with van der Waals surface area (Å²) in [6.07, 6.45) is 3.64. The number of aliphatic hydroxyl groups is 1. The highest BCUT2D eigenvalue weighted by Crippen LogP contribution is 2.41. The zero-order valence-electron chi connectivity index (χ0n) is 8.44. The van der Waals surface area contributed by atoms with Crippen LogP contribution in [-0.4, -0.2) is 21.0 Å². The third-order valence-electron chi connectivity index (χ3n) is 3.30. The van der Waals surface area contributed by atoms with Crippen LogP contribution in [0.1, 0.15) is 31.4 Å². The van der Waals surface area contributed by atoms with Gasteiger partial charge in [-0.2, -0.15) is 5.10 Å². The lowest BCUT2D eigenvalue weighted by Gasteiger charge is -2.18. The molecule has 1 aliphatic carbocycles. The number of hydrogen-bond acceptors (Lipinski definition) is 2. The van der Waals surface area contributed by atoms with Gasteiger partial charge in [0.15, 0.2) is 0 Å². The van der Waals surface area contributed by atoms with Gasteiger partial charge in [0.05, 0.1) is 22.5 Å². The lowest BCUT2D eigenvalue weighted by Crippen LogP contribution is -2.16. The van der Waals surface area contributed by atoms with Crippen LogP contribution in [0.25, 0.3) is 0 Å². The van der Waals surface area contributed by atoms with Gasteiger partial charge >= 0.3 is 0 Å². The SMILES string of the molecule is CC1C(O)CCC1c1c(Br)cnn1C. The quantitative estimate of drug-likeness (QED) is 0.838. The Balaban J connectivity index is 2.32. The van der Waals surface area contributed by atoms with E-state index in [4.69, 9.17) is 0 Å². The first-order chi connectivity index (χ1) is 6.61. The first-order valence-corrected chi connectivity index (χ1v) is 5.76. The van der Waals surface area contributed by atoms with Crippen molar-refractivity contribution in [3.8, 4) is 0 Å². The van der Waals surface area contributed by atoms with E-state index in [-0.39, 0.29) is 6.10 Å². The normalized spacial score (nSPS) is 32.4. The minimum atomic E-state index is -0.151. The first-order valence-electron chi connectivity index (χ1n) is 4.96. The predicted octanol–water partition coefficient (Wildman–Crippen LogP) is 2.06. The molecule has 0 aromatic carbocycles. The Labute approximate surface area is 92.2 Å². The molecule has 0 amide bonds. The maximum Gasteiger partial charge on any atom is 0.0635 e. The van der Waals surface area contributed by atoms with Crippen LogP contribution in [0.5, 0.6) is 0 Å². The second-order valence-electron chi connectivity index (χ2n) is 4.11. The summed E-state index contributed by atoms with van der Waals surface area (Å²) < 4.78 is 2.97. The maximum absolute atomic E-state index is 9.70. The lowest BCUT2D eigenvalue weighted by atomic mass is 9.94. The highest BCUT2D eigenvalue weighted by Gasteiger charge is 2.35. The average molecular weight is 259 g/mol. The van der Waals surface area contributed by atoms with E-state index in [1.165, 1.54) is 5.69 Å². The lowest BCUT2D eigenvalue weighted by molar-refractivity contribution is 0.136. The van der Waals surface area contributed by atoms with Gasteiger partial charge in [-0.1, -0.05) is 6.92 Å². The van der Waals surface area contributed by atoms with E-state index >= 15 is 0 Å². The van der Waals surface area contributed by atoms with Crippen molar-refractivity contribution in [2.45, 2.75) is 31.8 Å². The third-order valence-corrected chi connectivity index (χ3v) is 3.91. The van der Waals surface area contributed by atoms with E-state index in [2.05, 4.69) is 28.0 Å². The van der Waals surface area contributed by atoms with Crippen molar-refractivity contribution in [3.05, 3.63) is 16.4 Å². The molecular weight excluding hydrogens is 244 g/mol. The molecule has 0 bridgehead atoms. The zero-order chi connectivity index (χ0) is 10.3. The molecule has 1 N–H and O–H groups in total. The predicted molar refractivity (Wildman–Crippen MR) is 58.1 cm³/mol. The summed E-state index contributed by atoms with van der Waals surface area (Å²) in [5.74, 6) is 0.772. The largest absolute Gasteiger partial charge is 0.393 e. The van der Waals surface area contributed by atoms with Gasteiger partial charge in [-0.15, -0.1) is 0 Å². The van der Waals surface area contributed by atoms with Crippen LogP contribution in [0.2, 0.25) is 0 Å². The van der Waals surface area contributed by atoms with Gasteiger partial charge in [0.25, 0.3) is 0 Å². The molecule has 1 aromatic rings. The molecule has 0 spiro atoms. The summed E-state index contributed by atoms with van der Waals surface area (Å²) in [6.45, 7) is 2.11. The van der Waals surface area contributed by atoms with Crippen LogP contribution < -0.4 is 0 Å². The van der Waals surface area contributed by atoms with Gasteiger partial charge in [0, 0.05) is 13.0 Å². The van der Waals surface area contributed by atoms with Crippen molar-refractivity contribution in [1.29, 1.82) is 0 Å². The minimum Gasteiger partial charge on any atom is -0.393 e. The number of rotatable bonds is 1. The van der Waals surface area contributed by atoms with E-state index in [1.54, 1.807) is 0 Å². The van der Waals surface area contributed by atoms with Crippen molar-refractivity contribution in [2.24, 2.45) is 13.0 Å². The van der Waals surface area contributed by atoms with Gasteiger partial charge in [0.2, 0.25) is 0 Å². The van der Waals surface area contributed by atoms with Crippen LogP contribution in [0.15, 0.2) is 10.7 Å². The summed E-state index contributed by atoms with van der Waals surface area (Å²) >= 11 is 3.51. The molecule has 0 radical (unpaired) electrons. The van der Waals surface area contributed by atoms with Crippen molar-refractivity contribution < 1.29 is 5.11 Å². The van der Waals surface area contributed by atoms with Crippen molar-refractivity contribution in [1.82, 2.24) is 9.78 Å². The molecule has 2 rings (SSSR count).